The van der Waals surface area contributed by atoms with Crippen LogP contribution >= 0.6 is 0 Å². The van der Waals surface area contributed by atoms with Crippen molar-refractivity contribution < 1.29 is 19.1 Å². The molecule has 16 heavy (non-hydrogen) atoms. The summed E-state index contributed by atoms with van der Waals surface area (Å²) >= 11 is 0. The molecule has 0 saturated heterocycles. The van der Waals surface area contributed by atoms with Crippen LogP contribution in [0.2, 0.25) is 0 Å². The van der Waals surface area contributed by atoms with Crippen LogP contribution in [-0.4, -0.2) is 37.5 Å². The van der Waals surface area contributed by atoms with Crippen LogP contribution in [-0.2, 0) is 19.1 Å². The number of methoxy groups -OCH3 is 1. The van der Waals surface area contributed by atoms with Crippen LogP contribution in [0.15, 0.2) is 0 Å². The number of esters is 1. The van der Waals surface area contributed by atoms with Crippen LogP contribution in [0.25, 0.3) is 0 Å². The van der Waals surface area contributed by atoms with Crippen molar-refractivity contribution in [3.05, 3.63) is 0 Å². The van der Waals surface area contributed by atoms with Gasteiger partial charge in [-0.25, -0.2) is 0 Å². The van der Waals surface area contributed by atoms with Crippen LogP contribution in [0.3, 0.4) is 0 Å². The lowest BCUT2D eigenvalue weighted by Crippen LogP contribution is -2.43. The predicted molar refractivity (Wildman–Crippen MR) is 56.0 cm³/mol. The number of carbonyl (C=O) groups excluding carboxylic acids is 3. The molecule has 0 aliphatic rings. The third-order valence-electron chi connectivity index (χ3n) is 1.84. The van der Waals surface area contributed by atoms with Crippen molar-refractivity contribution >= 4 is 17.8 Å². The Morgan fingerprint density at radius 1 is 1.38 bits per heavy atom. The summed E-state index contributed by atoms with van der Waals surface area (Å²) in [7, 11) is 1.30. The van der Waals surface area contributed by atoms with Crippen LogP contribution in [0.5, 0.6) is 0 Å². The molecule has 0 aliphatic carbocycles. The highest BCUT2D eigenvalue weighted by Gasteiger charge is 2.15. The molecule has 0 fully saturated rings. The van der Waals surface area contributed by atoms with Crippen molar-refractivity contribution in [2.45, 2.75) is 25.3 Å². The maximum atomic E-state index is 11.2. The van der Waals surface area contributed by atoms with Gasteiger partial charge in [-0.1, -0.05) is 0 Å². The molecule has 0 aromatic heterocycles. The van der Waals surface area contributed by atoms with E-state index in [1.807, 2.05) is 0 Å². The highest BCUT2D eigenvalue weighted by atomic mass is 16.5. The molecule has 7 heteroatoms. The first kappa shape index (κ1) is 14.4. The first-order valence-electron chi connectivity index (χ1n) is 4.85. The Balaban J connectivity index is 3.65. The highest BCUT2D eigenvalue weighted by Crippen LogP contribution is 1.91. The summed E-state index contributed by atoms with van der Waals surface area (Å²) in [6.07, 6.45) is 0.492. The van der Waals surface area contributed by atoms with E-state index in [2.05, 4.69) is 10.1 Å². The second-order valence-corrected chi connectivity index (χ2v) is 3.25. The van der Waals surface area contributed by atoms with Crippen molar-refractivity contribution in [2.24, 2.45) is 11.5 Å². The zero-order chi connectivity index (χ0) is 12.6. The molecule has 0 rings (SSSR count). The molecule has 5 N–H and O–H groups in total. The Morgan fingerprint density at radius 2 is 2.00 bits per heavy atom. The molecule has 0 unspecified atom stereocenters. The average molecular weight is 231 g/mol. The molecular formula is C9H17N3O4. The number of hydrogen-bond donors (Lipinski definition) is 3. The fraction of sp³-hybridized carbons (Fsp3) is 0.667. The van der Waals surface area contributed by atoms with Gasteiger partial charge in [-0.15, -0.1) is 0 Å². The standard InChI is InChI=1S/C9H17N3O4/c1-16-8(14)3-2-4-12-9(15)6(10)5-7(11)13/h6H,2-5,10H2,1H3,(H2,11,13)(H,12,15)/t6-/m1/s1. The molecule has 0 heterocycles. The second kappa shape index (κ2) is 7.63. The molecule has 1 atom stereocenters. The molecular weight excluding hydrogens is 214 g/mol. The summed E-state index contributed by atoms with van der Waals surface area (Å²) in [5, 5.41) is 2.49. The zero-order valence-corrected chi connectivity index (χ0v) is 9.19. The van der Waals surface area contributed by atoms with E-state index >= 15 is 0 Å². The quantitative estimate of drug-likeness (QED) is 0.354. The van der Waals surface area contributed by atoms with Gasteiger partial charge in [0.2, 0.25) is 11.8 Å². The van der Waals surface area contributed by atoms with Gasteiger partial charge in [0.25, 0.3) is 0 Å². The fourth-order valence-electron chi connectivity index (χ4n) is 0.987. The molecule has 92 valence electrons. The van der Waals surface area contributed by atoms with Crippen LogP contribution in [0, 0.1) is 0 Å². The summed E-state index contributed by atoms with van der Waals surface area (Å²) in [4.78, 5) is 32.4. The first-order chi connectivity index (χ1) is 7.47. The number of primary amides is 1. The molecule has 7 nitrogen and oxygen atoms in total. The van der Waals surface area contributed by atoms with Gasteiger partial charge in [-0.2, -0.15) is 0 Å². The Kier molecular flexibility index (Phi) is 6.86. The van der Waals surface area contributed by atoms with E-state index in [-0.39, 0.29) is 18.8 Å². The second-order valence-electron chi connectivity index (χ2n) is 3.25. The number of carbonyl (C=O) groups is 3. The molecule has 2 amide bonds. The molecule has 0 radical (unpaired) electrons. The molecule has 0 saturated carbocycles. The summed E-state index contributed by atoms with van der Waals surface area (Å²) in [6.45, 7) is 0.306. The number of nitrogens with one attached hydrogen (secondary N) is 1. The number of nitrogens with two attached hydrogens (primary N) is 2. The maximum Gasteiger partial charge on any atom is 0.305 e. The normalized spacial score (nSPS) is 11.6. The van der Waals surface area contributed by atoms with Gasteiger partial charge < -0.3 is 21.5 Å². The maximum absolute atomic E-state index is 11.2. The number of amides is 2. The van der Waals surface area contributed by atoms with Gasteiger partial charge in [0.05, 0.1) is 19.6 Å². The topological polar surface area (TPSA) is 125 Å². The van der Waals surface area contributed by atoms with Crippen molar-refractivity contribution in [2.75, 3.05) is 13.7 Å². The Hall–Kier alpha value is -1.63. The Labute approximate surface area is 93.5 Å². The van der Waals surface area contributed by atoms with E-state index in [0.29, 0.717) is 13.0 Å². The summed E-state index contributed by atoms with van der Waals surface area (Å²) in [5.74, 6) is -1.42. The summed E-state index contributed by atoms with van der Waals surface area (Å²) in [6, 6.07) is -0.935. The molecule has 0 aromatic rings. The molecule has 0 aromatic carbocycles. The SMILES string of the molecule is COC(=O)CCCNC(=O)[C@H](N)CC(N)=O. The highest BCUT2D eigenvalue weighted by molar-refractivity contribution is 5.87. The van der Waals surface area contributed by atoms with E-state index in [1.54, 1.807) is 0 Å². The smallest absolute Gasteiger partial charge is 0.305 e. The lowest BCUT2D eigenvalue weighted by molar-refractivity contribution is -0.140. The lowest BCUT2D eigenvalue weighted by Gasteiger charge is -2.09. The van der Waals surface area contributed by atoms with Gasteiger partial charge in [0.15, 0.2) is 0 Å². The Morgan fingerprint density at radius 3 is 2.50 bits per heavy atom. The minimum Gasteiger partial charge on any atom is -0.469 e. The number of rotatable bonds is 7. The third-order valence-corrected chi connectivity index (χ3v) is 1.84. The monoisotopic (exact) mass is 231 g/mol. The van der Waals surface area contributed by atoms with E-state index in [9.17, 15) is 14.4 Å². The molecule has 0 spiro atoms. The largest absolute Gasteiger partial charge is 0.469 e. The van der Waals surface area contributed by atoms with Gasteiger partial charge >= 0.3 is 5.97 Å². The van der Waals surface area contributed by atoms with Gasteiger partial charge in [0, 0.05) is 13.0 Å². The van der Waals surface area contributed by atoms with E-state index in [0.717, 1.165) is 0 Å². The van der Waals surface area contributed by atoms with Gasteiger partial charge in [-0.05, 0) is 6.42 Å². The van der Waals surface area contributed by atoms with Crippen molar-refractivity contribution in [1.82, 2.24) is 5.32 Å². The van der Waals surface area contributed by atoms with Crippen LogP contribution in [0.4, 0.5) is 0 Å². The lowest BCUT2D eigenvalue weighted by atomic mass is 10.2. The minimum atomic E-state index is -0.935. The first-order valence-corrected chi connectivity index (χ1v) is 4.85. The van der Waals surface area contributed by atoms with E-state index < -0.39 is 17.9 Å². The van der Waals surface area contributed by atoms with Crippen molar-refractivity contribution in [3.8, 4) is 0 Å². The third kappa shape index (κ3) is 6.77. The average Bonchev–Trinajstić information content (AvgIpc) is 2.22. The van der Waals surface area contributed by atoms with Gasteiger partial charge in [0.1, 0.15) is 0 Å². The molecule has 0 aliphatic heterocycles. The van der Waals surface area contributed by atoms with Gasteiger partial charge in [-0.3, -0.25) is 14.4 Å². The van der Waals surface area contributed by atoms with Crippen LogP contribution in [0.1, 0.15) is 19.3 Å². The minimum absolute atomic E-state index is 0.192. The van der Waals surface area contributed by atoms with Crippen molar-refractivity contribution in [3.63, 3.8) is 0 Å². The van der Waals surface area contributed by atoms with Crippen molar-refractivity contribution in [1.29, 1.82) is 0 Å². The zero-order valence-electron chi connectivity index (χ0n) is 9.19. The number of ether oxygens (including phenoxy) is 1. The summed E-state index contributed by atoms with van der Waals surface area (Å²) in [5.41, 5.74) is 10.3. The molecule has 0 bridgehead atoms. The number of hydrogen-bond acceptors (Lipinski definition) is 5. The van der Waals surface area contributed by atoms with E-state index in [4.69, 9.17) is 11.5 Å². The van der Waals surface area contributed by atoms with E-state index in [1.165, 1.54) is 7.11 Å². The van der Waals surface area contributed by atoms with Crippen LogP contribution < -0.4 is 16.8 Å². The fourth-order valence-corrected chi connectivity index (χ4v) is 0.987. The predicted octanol–water partition coefficient (Wildman–Crippen LogP) is -1.74. The summed E-state index contributed by atoms with van der Waals surface area (Å²) < 4.78 is 4.42. The Bertz CT molecular complexity index is 267.